The maximum absolute atomic E-state index is 13.0. The molecule has 12 heavy (non-hydrogen) atoms. The minimum atomic E-state index is -2.81. The van der Waals surface area contributed by atoms with Gasteiger partial charge >= 0.3 is 0 Å². The second kappa shape index (κ2) is 2.26. The summed E-state index contributed by atoms with van der Waals surface area (Å²) in [5.41, 5.74) is 0.446. The Labute approximate surface area is 67.4 Å². The van der Waals surface area contributed by atoms with Crippen molar-refractivity contribution in [2.45, 2.75) is 25.4 Å². The fraction of sp³-hybridized carbons (Fsp3) is 0.571. The topological polar surface area (TPSA) is 48.9 Å². The number of nitrogens with zero attached hydrogens (tertiary/aromatic N) is 1. The molecular formula is C7H8F2N2O. The van der Waals surface area contributed by atoms with Gasteiger partial charge in [0.15, 0.2) is 0 Å². The Bertz CT molecular complexity index is 308. The summed E-state index contributed by atoms with van der Waals surface area (Å²) in [5, 5.41) is 14.8. The van der Waals surface area contributed by atoms with Crippen LogP contribution in [0.4, 0.5) is 8.78 Å². The number of aliphatic hydroxyl groups excluding tert-OH is 1. The fourth-order valence-corrected chi connectivity index (χ4v) is 1.56. The van der Waals surface area contributed by atoms with Crippen molar-refractivity contribution in [3.63, 3.8) is 0 Å². The van der Waals surface area contributed by atoms with Crippen molar-refractivity contribution in [1.29, 1.82) is 0 Å². The van der Waals surface area contributed by atoms with Crippen LogP contribution in [-0.4, -0.2) is 15.3 Å². The van der Waals surface area contributed by atoms with Gasteiger partial charge in [0.2, 0.25) is 0 Å². The zero-order valence-corrected chi connectivity index (χ0v) is 6.27. The Kier molecular flexibility index (Phi) is 1.44. The maximum atomic E-state index is 13.0. The number of H-pyrrole nitrogens is 1. The molecule has 3 nitrogen and oxygen atoms in total. The summed E-state index contributed by atoms with van der Waals surface area (Å²) >= 11 is 0. The van der Waals surface area contributed by atoms with Crippen molar-refractivity contribution in [2.24, 2.45) is 0 Å². The third-order valence-corrected chi connectivity index (χ3v) is 2.12. The summed E-state index contributed by atoms with van der Waals surface area (Å²) < 4.78 is 26.1. The summed E-state index contributed by atoms with van der Waals surface area (Å²) in [7, 11) is 0. The molecule has 0 spiro atoms. The minimum absolute atomic E-state index is 0.0764. The van der Waals surface area contributed by atoms with Crippen LogP contribution in [0, 0.1) is 0 Å². The van der Waals surface area contributed by atoms with E-state index in [2.05, 4.69) is 10.2 Å². The molecule has 1 aromatic rings. The molecule has 5 heteroatoms. The summed E-state index contributed by atoms with van der Waals surface area (Å²) in [4.78, 5) is 0. The Balaban J connectivity index is 2.53. The lowest BCUT2D eigenvalue weighted by atomic mass is 10.1. The number of nitrogens with one attached hydrogen (secondary N) is 1. The van der Waals surface area contributed by atoms with Crippen molar-refractivity contribution < 1.29 is 13.9 Å². The van der Waals surface area contributed by atoms with Crippen LogP contribution in [0.3, 0.4) is 0 Å². The number of alkyl halides is 2. The van der Waals surface area contributed by atoms with E-state index >= 15 is 0 Å². The second-order valence-corrected chi connectivity index (χ2v) is 2.89. The molecular weight excluding hydrogens is 166 g/mol. The van der Waals surface area contributed by atoms with Gasteiger partial charge in [-0.2, -0.15) is 5.10 Å². The molecule has 1 aliphatic carbocycles. The zero-order valence-electron chi connectivity index (χ0n) is 6.27. The number of fused-ring (bicyclic) bond motifs is 1. The van der Waals surface area contributed by atoms with Gasteiger partial charge in [-0.05, 0) is 6.42 Å². The molecule has 0 aromatic carbocycles. The standard InChI is InChI=1S/C7H8F2N2O/c8-7(9)2-1-4-6(7)5(3-12)11-10-4/h12H,1-3H2,(H,10,11). The molecule has 1 aliphatic rings. The predicted molar refractivity (Wildman–Crippen MR) is 36.7 cm³/mol. The van der Waals surface area contributed by atoms with Crippen LogP contribution in [0.1, 0.15) is 23.4 Å². The highest BCUT2D eigenvalue weighted by molar-refractivity contribution is 5.34. The smallest absolute Gasteiger partial charge is 0.277 e. The highest BCUT2D eigenvalue weighted by Gasteiger charge is 2.43. The predicted octanol–water partition coefficient (Wildman–Crippen LogP) is 0.940. The molecule has 66 valence electrons. The van der Waals surface area contributed by atoms with Crippen molar-refractivity contribution in [1.82, 2.24) is 10.2 Å². The molecule has 0 amide bonds. The van der Waals surface area contributed by atoms with Crippen LogP contribution >= 0.6 is 0 Å². The van der Waals surface area contributed by atoms with Crippen LogP contribution in [0.2, 0.25) is 0 Å². The Morgan fingerprint density at radius 2 is 2.33 bits per heavy atom. The fourth-order valence-electron chi connectivity index (χ4n) is 1.56. The van der Waals surface area contributed by atoms with E-state index in [4.69, 9.17) is 5.11 Å². The third kappa shape index (κ3) is 0.859. The van der Waals surface area contributed by atoms with Crippen LogP contribution in [0.25, 0.3) is 0 Å². The molecule has 0 bridgehead atoms. The van der Waals surface area contributed by atoms with Gasteiger partial charge in [0.25, 0.3) is 5.92 Å². The first-order valence-corrected chi connectivity index (χ1v) is 3.70. The molecule has 0 atom stereocenters. The van der Waals surface area contributed by atoms with E-state index in [0.29, 0.717) is 12.1 Å². The lowest BCUT2D eigenvalue weighted by Crippen LogP contribution is -2.10. The molecule has 0 radical (unpaired) electrons. The van der Waals surface area contributed by atoms with Crippen LogP contribution in [0.15, 0.2) is 0 Å². The monoisotopic (exact) mass is 174 g/mol. The van der Waals surface area contributed by atoms with Crippen LogP contribution < -0.4 is 0 Å². The SMILES string of the molecule is OCc1n[nH]c2c1C(F)(F)CC2. The summed E-state index contributed by atoms with van der Waals surface area (Å²) in [5.74, 6) is -2.81. The number of aromatic amines is 1. The Hall–Kier alpha value is -0.970. The van der Waals surface area contributed by atoms with E-state index in [-0.39, 0.29) is 17.7 Å². The van der Waals surface area contributed by atoms with Crippen molar-refractivity contribution in [3.8, 4) is 0 Å². The number of hydrogen-bond donors (Lipinski definition) is 2. The van der Waals surface area contributed by atoms with E-state index in [9.17, 15) is 8.78 Å². The first-order chi connectivity index (χ1) is 5.65. The average molecular weight is 174 g/mol. The lowest BCUT2D eigenvalue weighted by molar-refractivity contribution is -0.00385. The molecule has 0 unspecified atom stereocenters. The van der Waals surface area contributed by atoms with Gasteiger partial charge in [-0.3, -0.25) is 5.10 Å². The molecule has 0 saturated carbocycles. The molecule has 2 N–H and O–H groups in total. The van der Waals surface area contributed by atoms with Crippen LogP contribution in [-0.2, 0) is 19.0 Å². The summed E-state index contributed by atoms with van der Waals surface area (Å²) in [6.07, 6.45) is 0.138. The zero-order chi connectivity index (χ0) is 8.77. The number of aryl methyl sites for hydroxylation is 1. The first-order valence-electron chi connectivity index (χ1n) is 3.70. The number of aromatic nitrogens is 2. The van der Waals surface area contributed by atoms with Crippen molar-refractivity contribution >= 4 is 0 Å². The van der Waals surface area contributed by atoms with E-state index in [1.807, 2.05) is 0 Å². The van der Waals surface area contributed by atoms with Crippen molar-refractivity contribution in [3.05, 3.63) is 17.0 Å². The van der Waals surface area contributed by atoms with Gasteiger partial charge in [0, 0.05) is 12.1 Å². The molecule has 1 aromatic heterocycles. The normalized spacial score (nSPS) is 19.6. The first kappa shape index (κ1) is 7.67. The quantitative estimate of drug-likeness (QED) is 0.665. The summed E-state index contributed by atoms with van der Waals surface area (Å²) in [6, 6.07) is 0. The van der Waals surface area contributed by atoms with Gasteiger partial charge in [-0.1, -0.05) is 0 Å². The summed E-state index contributed by atoms with van der Waals surface area (Å²) in [6.45, 7) is -0.429. The largest absolute Gasteiger partial charge is 0.390 e. The Morgan fingerprint density at radius 3 is 3.00 bits per heavy atom. The Morgan fingerprint density at radius 1 is 1.58 bits per heavy atom. The molecule has 0 aliphatic heterocycles. The number of rotatable bonds is 1. The second-order valence-electron chi connectivity index (χ2n) is 2.89. The molecule has 2 rings (SSSR count). The van der Waals surface area contributed by atoms with E-state index < -0.39 is 12.5 Å². The van der Waals surface area contributed by atoms with Crippen molar-refractivity contribution in [2.75, 3.05) is 0 Å². The number of halogens is 2. The minimum Gasteiger partial charge on any atom is -0.390 e. The highest BCUT2D eigenvalue weighted by atomic mass is 19.3. The van der Waals surface area contributed by atoms with Gasteiger partial charge < -0.3 is 5.11 Å². The van der Waals surface area contributed by atoms with Gasteiger partial charge in [-0.25, -0.2) is 8.78 Å². The third-order valence-electron chi connectivity index (χ3n) is 2.12. The number of hydrogen-bond acceptors (Lipinski definition) is 2. The lowest BCUT2D eigenvalue weighted by Gasteiger charge is -2.08. The van der Waals surface area contributed by atoms with Gasteiger partial charge in [0.1, 0.15) is 0 Å². The maximum Gasteiger partial charge on any atom is 0.277 e. The van der Waals surface area contributed by atoms with E-state index in [1.165, 1.54) is 0 Å². The van der Waals surface area contributed by atoms with Crippen LogP contribution in [0.5, 0.6) is 0 Å². The molecule has 0 fully saturated rings. The number of aliphatic hydroxyl groups is 1. The highest BCUT2D eigenvalue weighted by Crippen LogP contribution is 2.42. The van der Waals surface area contributed by atoms with E-state index in [1.54, 1.807) is 0 Å². The van der Waals surface area contributed by atoms with Gasteiger partial charge in [0.05, 0.1) is 17.9 Å². The molecule has 0 saturated heterocycles. The average Bonchev–Trinajstić information content (AvgIpc) is 2.53. The van der Waals surface area contributed by atoms with Gasteiger partial charge in [-0.15, -0.1) is 0 Å². The van der Waals surface area contributed by atoms with E-state index in [0.717, 1.165) is 0 Å². The molecule has 1 heterocycles.